The first kappa shape index (κ1) is 11.8. The quantitative estimate of drug-likeness (QED) is 0.850. The topological polar surface area (TPSA) is 42.7 Å². The van der Waals surface area contributed by atoms with Crippen LogP contribution in [0.25, 0.3) is 0 Å². The monoisotopic (exact) mass is 230 g/mol. The Morgan fingerprint density at radius 1 is 1.35 bits per heavy atom. The van der Waals surface area contributed by atoms with Crippen LogP contribution in [-0.2, 0) is 13.5 Å². The summed E-state index contributed by atoms with van der Waals surface area (Å²) in [7, 11) is 3.96. The molecule has 4 nitrogen and oxygen atoms in total. The van der Waals surface area contributed by atoms with Crippen LogP contribution in [0.15, 0.2) is 36.9 Å². The molecule has 2 aromatic heterocycles. The zero-order valence-electron chi connectivity index (χ0n) is 10.3. The second-order valence-corrected chi connectivity index (χ2v) is 4.17. The second kappa shape index (κ2) is 5.59. The van der Waals surface area contributed by atoms with Crippen molar-refractivity contribution < 1.29 is 0 Å². The van der Waals surface area contributed by atoms with Gasteiger partial charge in [-0.1, -0.05) is 6.07 Å². The molecule has 0 saturated heterocycles. The molecule has 2 heterocycles. The van der Waals surface area contributed by atoms with Gasteiger partial charge in [-0.15, -0.1) is 0 Å². The van der Waals surface area contributed by atoms with Gasteiger partial charge in [0.1, 0.15) is 0 Å². The number of imidazole rings is 1. The Morgan fingerprint density at radius 2 is 2.24 bits per heavy atom. The molecule has 17 heavy (non-hydrogen) atoms. The highest BCUT2D eigenvalue weighted by atomic mass is 15.0. The lowest BCUT2D eigenvalue weighted by atomic mass is 10.1. The number of aryl methyl sites for hydroxylation is 2. The summed E-state index contributed by atoms with van der Waals surface area (Å²) in [5.74, 6) is 0. The van der Waals surface area contributed by atoms with E-state index in [1.54, 1.807) is 0 Å². The third-order valence-corrected chi connectivity index (χ3v) is 2.85. The molecular weight excluding hydrogens is 212 g/mol. The maximum absolute atomic E-state index is 4.38. The number of rotatable bonds is 5. The second-order valence-electron chi connectivity index (χ2n) is 4.17. The van der Waals surface area contributed by atoms with Crippen LogP contribution in [0.4, 0.5) is 0 Å². The van der Waals surface area contributed by atoms with Crippen molar-refractivity contribution in [2.75, 3.05) is 7.05 Å². The van der Waals surface area contributed by atoms with Crippen LogP contribution in [0.5, 0.6) is 0 Å². The van der Waals surface area contributed by atoms with Gasteiger partial charge in [0, 0.05) is 25.1 Å². The van der Waals surface area contributed by atoms with Crippen LogP contribution in [0.1, 0.15) is 23.9 Å². The lowest BCUT2D eigenvalue weighted by Crippen LogP contribution is -2.17. The van der Waals surface area contributed by atoms with E-state index in [2.05, 4.69) is 27.5 Å². The summed E-state index contributed by atoms with van der Waals surface area (Å²) in [5, 5.41) is 3.30. The maximum atomic E-state index is 4.38. The van der Waals surface area contributed by atoms with Crippen molar-refractivity contribution in [3.8, 4) is 0 Å². The van der Waals surface area contributed by atoms with E-state index in [9.17, 15) is 0 Å². The van der Waals surface area contributed by atoms with Gasteiger partial charge in [-0.2, -0.15) is 0 Å². The average molecular weight is 230 g/mol. The Hall–Kier alpha value is -1.68. The van der Waals surface area contributed by atoms with Gasteiger partial charge in [-0.3, -0.25) is 4.98 Å². The molecule has 1 N–H and O–H groups in total. The molecule has 0 aliphatic rings. The zero-order valence-corrected chi connectivity index (χ0v) is 10.3. The fourth-order valence-electron chi connectivity index (χ4n) is 1.89. The Morgan fingerprint density at radius 3 is 2.82 bits per heavy atom. The van der Waals surface area contributed by atoms with E-state index in [4.69, 9.17) is 0 Å². The van der Waals surface area contributed by atoms with Crippen molar-refractivity contribution in [3.63, 3.8) is 0 Å². The van der Waals surface area contributed by atoms with Gasteiger partial charge in [-0.05, 0) is 32.0 Å². The normalized spacial score (nSPS) is 12.6. The van der Waals surface area contributed by atoms with Gasteiger partial charge in [0.25, 0.3) is 0 Å². The summed E-state index contributed by atoms with van der Waals surface area (Å²) in [6.07, 6.45) is 7.69. The first-order valence-corrected chi connectivity index (χ1v) is 5.84. The third kappa shape index (κ3) is 3.14. The van der Waals surface area contributed by atoms with Crippen LogP contribution < -0.4 is 5.32 Å². The van der Waals surface area contributed by atoms with Gasteiger partial charge in [-0.25, -0.2) is 4.98 Å². The average Bonchev–Trinajstić information content (AvgIpc) is 2.78. The van der Waals surface area contributed by atoms with E-state index in [1.165, 1.54) is 0 Å². The van der Waals surface area contributed by atoms with Crippen molar-refractivity contribution >= 4 is 0 Å². The van der Waals surface area contributed by atoms with Crippen LogP contribution in [0, 0.1) is 0 Å². The molecule has 0 aromatic carbocycles. The van der Waals surface area contributed by atoms with Crippen molar-refractivity contribution in [1.29, 1.82) is 0 Å². The zero-order chi connectivity index (χ0) is 12.1. The minimum Gasteiger partial charge on any atom is -0.340 e. The fraction of sp³-hybridized carbons (Fsp3) is 0.385. The summed E-state index contributed by atoms with van der Waals surface area (Å²) in [5.41, 5.74) is 2.22. The molecule has 0 saturated carbocycles. The molecule has 2 aromatic rings. The predicted molar refractivity (Wildman–Crippen MR) is 67.6 cm³/mol. The largest absolute Gasteiger partial charge is 0.340 e. The van der Waals surface area contributed by atoms with E-state index in [0.717, 1.165) is 24.2 Å². The van der Waals surface area contributed by atoms with Gasteiger partial charge in [0.15, 0.2) is 0 Å². The molecule has 1 unspecified atom stereocenters. The summed E-state index contributed by atoms with van der Waals surface area (Å²) in [6, 6.07) is 6.32. The van der Waals surface area contributed by atoms with Gasteiger partial charge >= 0.3 is 0 Å². The molecule has 2 rings (SSSR count). The summed E-state index contributed by atoms with van der Waals surface area (Å²) in [6.45, 7) is 0. The Kier molecular flexibility index (Phi) is 3.88. The summed E-state index contributed by atoms with van der Waals surface area (Å²) in [4.78, 5) is 8.71. The summed E-state index contributed by atoms with van der Waals surface area (Å²) >= 11 is 0. The Balaban J connectivity index is 1.97. The van der Waals surface area contributed by atoms with Crippen molar-refractivity contribution in [1.82, 2.24) is 19.9 Å². The van der Waals surface area contributed by atoms with E-state index in [-0.39, 0.29) is 0 Å². The molecule has 0 bridgehead atoms. The molecule has 0 amide bonds. The standard InChI is InChI=1S/C13H18N4/c1-14-12(13-9-17(2)10-16-13)7-6-11-5-3-4-8-15-11/h3-5,8-10,12,14H,6-7H2,1-2H3. The van der Waals surface area contributed by atoms with E-state index in [0.29, 0.717) is 6.04 Å². The van der Waals surface area contributed by atoms with Crippen molar-refractivity contribution in [2.45, 2.75) is 18.9 Å². The minimum atomic E-state index is 0.290. The van der Waals surface area contributed by atoms with Crippen molar-refractivity contribution in [2.24, 2.45) is 7.05 Å². The molecule has 0 aliphatic carbocycles. The Labute approximate surface area is 102 Å². The highest BCUT2D eigenvalue weighted by molar-refractivity contribution is 5.07. The van der Waals surface area contributed by atoms with E-state index >= 15 is 0 Å². The molecule has 1 atom stereocenters. The molecule has 0 spiro atoms. The smallest absolute Gasteiger partial charge is 0.0947 e. The van der Waals surface area contributed by atoms with Crippen molar-refractivity contribution in [3.05, 3.63) is 48.3 Å². The summed E-state index contributed by atoms with van der Waals surface area (Å²) < 4.78 is 1.97. The molecule has 0 radical (unpaired) electrons. The minimum absolute atomic E-state index is 0.290. The highest BCUT2D eigenvalue weighted by Crippen LogP contribution is 2.16. The third-order valence-electron chi connectivity index (χ3n) is 2.85. The van der Waals surface area contributed by atoms with Crippen LogP contribution in [-0.4, -0.2) is 21.6 Å². The van der Waals surface area contributed by atoms with E-state index in [1.807, 2.05) is 43.3 Å². The van der Waals surface area contributed by atoms with Crippen LogP contribution >= 0.6 is 0 Å². The maximum Gasteiger partial charge on any atom is 0.0947 e. The van der Waals surface area contributed by atoms with Gasteiger partial charge < -0.3 is 9.88 Å². The number of aromatic nitrogens is 3. The van der Waals surface area contributed by atoms with Crippen LogP contribution in [0.3, 0.4) is 0 Å². The Bertz CT molecular complexity index is 449. The SMILES string of the molecule is CNC(CCc1ccccn1)c1cn(C)cn1. The molecule has 0 aliphatic heterocycles. The molecular formula is C13H18N4. The number of nitrogens with one attached hydrogen (secondary N) is 1. The number of pyridine rings is 1. The lowest BCUT2D eigenvalue weighted by Gasteiger charge is -2.13. The molecule has 0 fully saturated rings. The molecule has 90 valence electrons. The number of nitrogens with zero attached hydrogens (tertiary/aromatic N) is 3. The first-order chi connectivity index (χ1) is 8.29. The lowest BCUT2D eigenvalue weighted by molar-refractivity contribution is 0.534. The highest BCUT2D eigenvalue weighted by Gasteiger charge is 2.11. The number of hydrogen-bond donors (Lipinski definition) is 1. The van der Waals surface area contributed by atoms with E-state index < -0.39 is 0 Å². The molecule has 4 heteroatoms. The van der Waals surface area contributed by atoms with Gasteiger partial charge in [0.2, 0.25) is 0 Å². The fourth-order valence-corrected chi connectivity index (χ4v) is 1.89. The van der Waals surface area contributed by atoms with Crippen LogP contribution in [0.2, 0.25) is 0 Å². The van der Waals surface area contributed by atoms with Gasteiger partial charge in [0.05, 0.1) is 18.1 Å². The first-order valence-electron chi connectivity index (χ1n) is 5.84. The number of hydrogen-bond acceptors (Lipinski definition) is 3. The predicted octanol–water partition coefficient (Wildman–Crippen LogP) is 1.71.